The number of hydrogen-bond acceptors (Lipinski definition) is 3. The first-order valence-corrected chi connectivity index (χ1v) is 7.34. The van der Waals surface area contributed by atoms with Gasteiger partial charge in [0.25, 0.3) is 0 Å². The van der Waals surface area contributed by atoms with Gasteiger partial charge in [-0.05, 0) is 35.6 Å². The molecule has 0 saturated heterocycles. The van der Waals surface area contributed by atoms with Gasteiger partial charge < -0.3 is 10.5 Å². The molecule has 1 heterocycles. The second-order valence-corrected chi connectivity index (χ2v) is 6.79. The van der Waals surface area contributed by atoms with E-state index in [2.05, 4.69) is 31.8 Å². The highest BCUT2D eigenvalue weighted by Crippen LogP contribution is 2.34. The van der Waals surface area contributed by atoms with Gasteiger partial charge in [-0.2, -0.15) is 4.98 Å². The fourth-order valence-corrected chi connectivity index (χ4v) is 2.27. The Bertz CT molecular complexity index is 679. The highest BCUT2D eigenvalue weighted by molar-refractivity contribution is 6.36. The summed E-state index contributed by atoms with van der Waals surface area (Å²) in [7, 11) is 0. The Balaban J connectivity index is 2.35. The number of aromatic nitrogens is 1. The van der Waals surface area contributed by atoms with Crippen LogP contribution in [-0.2, 0) is 5.41 Å². The number of rotatable bonds is 2. The maximum Gasteiger partial charge on any atom is 0.240 e. The molecule has 0 amide bonds. The van der Waals surface area contributed by atoms with Crippen LogP contribution in [0.1, 0.15) is 31.9 Å². The molecule has 1 aromatic heterocycles. The SMILES string of the molecule is Cc1cc(C(C)(C)C)ccc1Oc1nc(N)c(Cl)cc1Cl. The fourth-order valence-electron chi connectivity index (χ4n) is 1.87. The average molecular weight is 325 g/mol. The van der Waals surface area contributed by atoms with E-state index in [0.29, 0.717) is 15.8 Å². The van der Waals surface area contributed by atoms with Gasteiger partial charge in [0.2, 0.25) is 5.88 Å². The predicted octanol–water partition coefficient (Wildman–Crippen LogP) is 5.37. The first-order chi connectivity index (χ1) is 9.68. The van der Waals surface area contributed by atoms with E-state index in [1.54, 1.807) is 0 Å². The van der Waals surface area contributed by atoms with Gasteiger partial charge >= 0.3 is 0 Å². The number of ether oxygens (including phenoxy) is 1. The Kier molecular flexibility index (Phi) is 4.35. The number of halogens is 2. The molecule has 5 heteroatoms. The third kappa shape index (κ3) is 3.60. The van der Waals surface area contributed by atoms with Crippen molar-refractivity contribution in [2.24, 2.45) is 0 Å². The van der Waals surface area contributed by atoms with Crippen LogP contribution in [0.15, 0.2) is 24.3 Å². The number of nitrogens with zero attached hydrogens (tertiary/aromatic N) is 1. The molecule has 2 N–H and O–H groups in total. The van der Waals surface area contributed by atoms with Crippen molar-refractivity contribution in [1.29, 1.82) is 0 Å². The summed E-state index contributed by atoms with van der Waals surface area (Å²) in [6.07, 6.45) is 0. The van der Waals surface area contributed by atoms with Crippen molar-refractivity contribution < 1.29 is 4.74 Å². The van der Waals surface area contributed by atoms with Crippen LogP contribution in [0.3, 0.4) is 0 Å². The van der Waals surface area contributed by atoms with Gasteiger partial charge in [-0.15, -0.1) is 0 Å². The van der Waals surface area contributed by atoms with E-state index >= 15 is 0 Å². The van der Waals surface area contributed by atoms with Gasteiger partial charge in [-0.3, -0.25) is 0 Å². The predicted molar refractivity (Wildman–Crippen MR) is 88.6 cm³/mol. The molecule has 1 aromatic carbocycles. The summed E-state index contributed by atoms with van der Waals surface area (Å²) in [4.78, 5) is 4.07. The standard InChI is InChI=1S/C16H18Cl2N2O/c1-9-7-10(16(2,3)4)5-6-13(9)21-15-12(18)8-11(17)14(19)20-15/h5-8H,1-4H3,(H2,19,20). The minimum Gasteiger partial charge on any atom is -0.437 e. The summed E-state index contributed by atoms with van der Waals surface area (Å²) >= 11 is 11.9. The zero-order valence-corrected chi connectivity index (χ0v) is 14.0. The first-order valence-electron chi connectivity index (χ1n) is 6.59. The van der Waals surface area contributed by atoms with Crippen molar-refractivity contribution in [1.82, 2.24) is 4.98 Å². The van der Waals surface area contributed by atoms with Crippen LogP contribution in [0.4, 0.5) is 5.82 Å². The van der Waals surface area contributed by atoms with E-state index in [1.165, 1.54) is 11.6 Å². The van der Waals surface area contributed by atoms with Crippen molar-refractivity contribution in [3.63, 3.8) is 0 Å². The number of aryl methyl sites for hydroxylation is 1. The summed E-state index contributed by atoms with van der Waals surface area (Å²) in [6.45, 7) is 8.49. The molecule has 0 atom stereocenters. The first kappa shape index (κ1) is 15.9. The van der Waals surface area contributed by atoms with Crippen molar-refractivity contribution in [2.75, 3.05) is 5.73 Å². The lowest BCUT2D eigenvalue weighted by Gasteiger charge is -2.20. The molecule has 0 aliphatic heterocycles. The van der Waals surface area contributed by atoms with Gasteiger partial charge in [0.05, 0.1) is 5.02 Å². The van der Waals surface area contributed by atoms with Crippen LogP contribution in [0.25, 0.3) is 0 Å². The number of nitrogens with two attached hydrogens (primary N) is 1. The molecule has 0 bridgehead atoms. The Morgan fingerprint density at radius 2 is 1.76 bits per heavy atom. The van der Waals surface area contributed by atoms with Crippen LogP contribution in [0.5, 0.6) is 11.6 Å². The number of nitrogen functional groups attached to an aromatic ring is 1. The zero-order chi connectivity index (χ0) is 15.8. The van der Waals surface area contributed by atoms with Crippen LogP contribution >= 0.6 is 23.2 Å². The zero-order valence-electron chi connectivity index (χ0n) is 12.5. The molecule has 3 nitrogen and oxygen atoms in total. The van der Waals surface area contributed by atoms with Crippen LogP contribution in [0.2, 0.25) is 10.0 Å². The number of hydrogen-bond donors (Lipinski definition) is 1. The lowest BCUT2D eigenvalue weighted by atomic mass is 9.86. The van der Waals surface area contributed by atoms with Crippen molar-refractivity contribution in [3.8, 4) is 11.6 Å². The monoisotopic (exact) mass is 324 g/mol. The van der Waals surface area contributed by atoms with Gasteiger partial charge in [0.1, 0.15) is 16.6 Å². The van der Waals surface area contributed by atoms with E-state index in [9.17, 15) is 0 Å². The summed E-state index contributed by atoms with van der Waals surface area (Å²) in [5, 5.41) is 0.639. The Morgan fingerprint density at radius 1 is 1.10 bits per heavy atom. The van der Waals surface area contributed by atoms with Crippen molar-refractivity contribution >= 4 is 29.0 Å². The molecule has 0 fully saturated rings. The van der Waals surface area contributed by atoms with Crippen molar-refractivity contribution in [2.45, 2.75) is 33.1 Å². The summed E-state index contributed by atoms with van der Waals surface area (Å²) in [5.74, 6) is 1.14. The van der Waals surface area contributed by atoms with Crippen LogP contribution in [-0.4, -0.2) is 4.98 Å². The molecule has 2 rings (SSSR count). The molecule has 0 aliphatic rings. The molecular weight excluding hydrogens is 307 g/mol. The summed E-state index contributed by atoms with van der Waals surface area (Å²) < 4.78 is 5.76. The molecule has 0 spiro atoms. The molecule has 2 aromatic rings. The van der Waals surface area contributed by atoms with E-state index in [-0.39, 0.29) is 17.1 Å². The molecule has 0 saturated carbocycles. The lowest BCUT2D eigenvalue weighted by molar-refractivity contribution is 0.459. The number of anilines is 1. The van der Waals surface area contributed by atoms with E-state index in [1.807, 2.05) is 19.1 Å². The summed E-state index contributed by atoms with van der Waals surface area (Å²) in [5.41, 5.74) is 8.01. The van der Waals surface area contributed by atoms with E-state index in [0.717, 1.165) is 5.56 Å². The van der Waals surface area contributed by atoms with Gasteiger partial charge in [0, 0.05) is 0 Å². The normalized spacial score (nSPS) is 11.5. The third-order valence-corrected chi connectivity index (χ3v) is 3.75. The van der Waals surface area contributed by atoms with Crippen LogP contribution < -0.4 is 10.5 Å². The van der Waals surface area contributed by atoms with E-state index in [4.69, 9.17) is 33.7 Å². The Morgan fingerprint density at radius 3 is 2.33 bits per heavy atom. The van der Waals surface area contributed by atoms with E-state index < -0.39 is 0 Å². The topological polar surface area (TPSA) is 48.1 Å². The van der Waals surface area contributed by atoms with Gasteiger partial charge in [-0.25, -0.2) is 0 Å². The third-order valence-electron chi connectivity index (χ3n) is 3.17. The smallest absolute Gasteiger partial charge is 0.240 e. The molecule has 112 valence electrons. The Labute approximate surface area is 135 Å². The van der Waals surface area contributed by atoms with Gasteiger partial charge in [-0.1, -0.05) is 56.1 Å². The maximum atomic E-state index is 6.08. The summed E-state index contributed by atoms with van der Waals surface area (Å²) in [6, 6.07) is 7.58. The minimum absolute atomic E-state index is 0.0872. The number of pyridine rings is 1. The Hall–Kier alpha value is -1.45. The maximum absolute atomic E-state index is 6.08. The highest BCUT2D eigenvalue weighted by Gasteiger charge is 2.16. The van der Waals surface area contributed by atoms with Gasteiger partial charge in [0.15, 0.2) is 0 Å². The molecule has 0 unspecified atom stereocenters. The fraction of sp³-hybridized carbons (Fsp3) is 0.312. The quantitative estimate of drug-likeness (QED) is 0.807. The molecule has 0 aliphatic carbocycles. The lowest BCUT2D eigenvalue weighted by Crippen LogP contribution is -2.11. The highest BCUT2D eigenvalue weighted by atomic mass is 35.5. The number of benzene rings is 1. The second-order valence-electron chi connectivity index (χ2n) is 5.97. The molecule has 21 heavy (non-hydrogen) atoms. The second kappa shape index (κ2) is 5.74. The molecular formula is C16H18Cl2N2O. The minimum atomic E-state index is 0.0872. The largest absolute Gasteiger partial charge is 0.437 e. The molecule has 0 radical (unpaired) electrons. The van der Waals surface area contributed by atoms with Crippen LogP contribution in [0, 0.1) is 6.92 Å². The van der Waals surface area contributed by atoms with Crippen molar-refractivity contribution in [3.05, 3.63) is 45.4 Å². The average Bonchev–Trinajstić information content (AvgIpc) is 2.36.